The van der Waals surface area contributed by atoms with Gasteiger partial charge in [-0.25, -0.2) is 0 Å². The monoisotopic (exact) mass is 462 g/mol. The fourth-order valence-corrected chi connectivity index (χ4v) is 5.47. The quantitative estimate of drug-likeness (QED) is 0.406. The SMILES string of the molecule is Clc1ccc(C2CC(N3CCN(C/C=C/c4ccccc4)CC3)c3ccccc32)cc1Cl. The molecule has 3 aromatic rings. The van der Waals surface area contributed by atoms with Gasteiger partial charge in [-0.15, -0.1) is 0 Å². The maximum Gasteiger partial charge on any atom is 0.0595 e. The number of piperazine rings is 1. The Morgan fingerprint density at radius 2 is 1.50 bits per heavy atom. The standard InChI is InChI=1S/C28H28Cl2N2/c29-26-13-12-22(19-27(26)30)25-20-28(24-11-5-4-10-23(24)25)32-17-15-31(16-18-32)14-6-9-21-7-2-1-3-8-21/h1-13,19,25,28H,14-18,20H2/b9-6+. The van der Waals surface area contributed by atoms with Gasteiger partial charge in [-0.05, 0) is 40.8 Å². The largest absolute Gasteiger partial charge is 0.297 e. The second kappa shape index (κ2) is 9.80. The van der Waals surface area contributed by atoms with Gasteiger partial charge in [-0.1, -0.05) is 96.0 Å². The predicted octanol–water partition coefficient (Wildman–Crippen LogP) is 6.90. The van der Waals surface area contributed by atoms with E-state index in [-0.39, 0.29) is 0 Å². The first-order valence-corrected chi connectivity index (χ1v) is 12.2. The minimum Gasteiger partial charge on any atom is -0.297 e. The van der Waals surface area contributed by atoms with Crippen LogP contribution in [0.4, 0.5) is 0 Å². The van der Waals surface area contributed by atoms with E-state index in [1.165, 1.54) is 22.3 Å². The van der Waals surface area contributed by atoms with Gasteiger partial charge >= 0.3 is 0 Å². The molecule has 2 atom stereocenters. The Balaban J connectivity index is 1.25. The molecule has 1 aliphatic carbocycles. The first-order chi connectivity index (χ1) is 15.7. The van der Waals surface area contributed by atoms with Gasteiger partial charge in [-0.2, -0.15) is 0 Å². The van der Waals surface area contributed by atoms with Crippen LogP contribution in [0.25, 0.3) is 6.08 Å². The van der Waals surface area contributed by atoms with Crippen LogP contribution in [0.3, 0.4) is 0 Å². The van der Waals surface area contributed by atoms with Gasteiger partial charge in [0.2, 0.25) is 0 Å². The average molecular weight is 463 g/mol. The number of rotatable bonds is 5. The Hall–Kier alpha value is -2.10. The fraction of sp³-hybridized carbons (Fsp3) is 0.286. The maximum atomic E-state index is 6.35. The Bertz CT molecular complexity index is 1090. The number of benzene rings is 3. The molecule has 2 aliphatic rings. The third-order valence-corrected chi connectivity index (χ3v) is 7.60. The van der Waals surface area contributed by atoms with Gasteiger partial charge in [0.1, 0.15) is 0 Å². The van der Waals surface area contributed by atoms with Gasteiger partial charge in [0.15, 0.2) is 0 Å². The third-order valence-electron chi connectivity index (χ3n) is 6.86. The fourth-order valence-electron chi connectivity index (χ4n) is 5.16. The van der Waals surface area contributed by atoms with Crippen molar-refractivity contribution in [2.24, 2.45) is 0 Å². The van der Waals surface area contributed by atoms with Crippen molar-refractivity contribution in [1.29, 1.82) is 0 Å². The van der Waals surface area contributed by atoms with Crippen LogP contribution in [0.2, 0.25) is 10.0 Å². The van der Waals surface area contributed by atoms with E-state index in [1.54, 1.807) is 0 Å². The Labute approximate surface area is 201 Å². The Morgan fingerprint density at radius 3 is 2.25 bits per heavy atom. The molecule has 1 aliphatic heterocycles. The lowest BCUT2D eigenvalue weighted by atomic mass is 9.93. The highest BCUT2D eigenvalue weighted by Crippen LogP contribution is 2.47. The zero-order valence-electron chi connectivity index (χ0n) is 18.1. The molecule has 4 heteroatoms. The molecule has 0 saturated carbocycles. The van der Waals surface area contributed by atoms with Crippen LogP contribution in [0.15, 0.2) is 78.9 Å². The molecule has 0 amide bonds. The summed E-state index contributed by atoms with van der Waals surface area (Å²) in [7, 11) is 0. The summed E-state index contributed by atoms with van der Waals surface area (Å²) in [6, 6.07) is 26.0. The maximum absolute atomic E-state index is 6.35. The Morgan fingerprint density at radius 1 is 0.781 bits per heavy atom. The van der Waals surface area contributed by atoms with Crippen LogP contribution in [0.1, 0.15) is 40.6 Å². The average Bonchev–Trinajstić information content (AvgIpc) is 3.22. The highest BCUT2D eigenvalue weighted by atomic mass is 35.5. The molecule has 2 nitrogen and oxygen atoms in total. The molecule has 164 valence electrons. The van der Waals surface area contributed by atoms with Gasteiger partial charge in [0.05, 0.1) is 10.0 Å². The summed E-state index contributed by atoms with van der Waals surface area (Å²) in [6.45, 7) is 5.43. The van der Waals surface area contributed by atoms with E-state index in [1.807, 2.05) is 12.1 Å². The van der Waals surface area contributed by atoms with Gasteiger partial charge < -0.3 is 0 Å². The van der Waals surface area contributed by atoms with Crippen LogP contribution in [0, 0.1) is 0 Å². The van der Waals surface area contributed by atoms with Crippen molar-refractivity contribution in [1.82, 2.24) is 9.80 Å². The van der Waals surface area contributed by atoms with Gasteiger partial charge in [-0.3, -0.25) is 9.80 Å². The molecular weight excluding hydrogens is 435 g/mol. The van der Waals surface area contributed by atoms with Crippen molar-refractivity contribution >= 4 is 29.3 Å². The summed E-state index contributed by atoms with van der Waals surface area (Å²) in [5.74, 6) is 0.373. The zero-order valence-corrected chi connectivity index (χ0v) is 19.6. The molecule has 5 rings (SSSR count). The van der Waals surface area contributed by atoms with Crippen LogP contribution < -0.4 is 0 Å². The molecule has 0 N–H and O–H groups in total. The van der Waals surface area contributed by atoms with Crippen molar-refractivity contribution in [3.8, 4) is 0 Å². The second-order valence-corrected chi connectivity index (χ2v) is 9.57. The molecular formula is C28H28Cl2N2. The summed E-state index contributed by atoms with van der Waals surface area (Å²) in [5.41, 5.74) is 5.44. The lowest BCUT2D eigenvalue weighted by Crippen LogP contribution is -2.47. The van der Waals surface area contributed by atoms with Crippen molar-refractivity contribution in [3.05, 3.63) is 111 Å². The number of hydrogen-bond acceptors (Lipinski definition) is 2. The molecule has 1 heterocycles. The summed E-state index contributed by atoms with van der Waals surface area (Å²) in [5, 5.41) is 1.26. The molecule has 32 heavy (non-hydrogen) atoms. The molecule has 2 unspecified atom stereocenters. The molecule has 0 aromatic heterocycles. The van der Waals surface area contributed by atoms with Crippen molar-refractivity contribution in [2.75, 3.05) is 32.7 Å². The van der Waals surface area contributed by atoms with Crippen LogP contribution in [-0.2, 0) is 0 Å². The number of nitrogens with zero attached hydrogens (tertiary/aromatic N) is 2. The van der Waals surface area contributed by atoms with E-state index in [0.29, 0.717) is 22.0 Å². The first kappa shape index (κ1) is 21.7. The molecule has 0 bridgehead atoms. The highest BCUT2D eigenvalue weighted by Gasteiger charge is 2.36. The van der Waals surface area contributed by atoms with Crippen LogP contribution >= 0.6 is 23.2 Å². The summed E-state index contributed by atoms with van der Waals surface area (Å²) < 4.78 is 0. The van der Waals surface area contributed by atoms with E-state index < -0.39 is 0 Å². The normalized spacial score (nSPS) is 21.8. The topological polar surface area (TPSA) is 6.48 Å². The number of fused-ring (bicyclic) bond motifs is 1. The van der Waals surface area contributed by atoms with E-state index in [2.05, 4.69) is 82.6 Å². The summed E-state index contributed by atoms with van der Waals surface area (Å²) >= 11 is 12.5. The van der Waals surface area contributed by atoms with Crippen LogP contribution in [0.5, 0.6) is 0 Å². The first-order valence-electron chi connectivity index (χ1n) is 11.4. The highest BCUT2D eigenvalue weighted by molar-refractivity contribution is 6.42. The molecule has 3 aromatic carbocycles. The van der Waals surface area contributed by atoms with Gasteiger partial charge in [0.25, 0.3) is 0 Å². The molecule has 0 spiro atoms. The van der Waals surface area contributed by atoms with E-state index in [0.717, 1.165) is 39.1 Å². The van der Waals surface area contributed by atoms with Crippen molar-refractivity contribution < 1.29 is 0 Å². The van der Waals surface area contributed by atoms with E-state index in [9.17, 15) is 0 Å². The lowest BCUT2D eigenvalue weighted by molar-refractivity contribution is 0.102. The predicted molar refractivity (Wildman–Crippen MR) is 136 cm³/mol. The Kier molecular flexibility index (Phi) is 6.66. The molecule has 1 saturated heterocycles. The van der Waals surface area contributed by atoms with Crippen LogP contribution in [-0.4, -0.2) is 42.5 Å². The van der Waals surface area contributed by atoms with Crippen molar-refractivity contribution in [3.63, 3.8) is 0 Å². The minimum absolute atomic E-state index is 0.373. The van der Waals surface area contributed by atoms with E-state index >= 15 is 0 Å². The lowest BCUT2D eigenvalue weighted by Gasteiger charge is -2.38. The third kappa shape index (κ3) is 4.65. The second-order valence-electron chi connectivity index (χ2n) is 8.76. The molecule has 1 fully saturated rings. The van der Waals surface area contributed by atoms with E-state index in [4.69, 9.17) is 23.2 Å². The smallest absolute Gasteiger partial charge is 0.0595 e. The summed E-state index contributed by atoms with van der Waals surface area (Å²) in [6.07, 6.45) is 5.61. The number of halogens is 2. The zero-order chi connectivity index (χ0) is 21.9. The van der Waals surface area contributed by atoms with Crippen molar-refractivity contribution in [2.45, 2.75) is 18.4 Å². The molecule has 0 radical (unpaired) electrons. The summed E-state index contributed by atoms with van der Waals surface area (Å²) in [4.78, 5) is 5.22. The number of hydrogen-bond donors (Lipinski definition) is 0. The minimum atomic E-state index is 0.373. The van der Waals surface area contributed by atoms with Gasteiger partial charge in [0, 0.05) is 44.7 Å².